The second kappa shape index (κ2) is 11.3. The Labute approximate surface area is 315 Å². The molecule has 0 saturated carbocycles. The summed E-state index contributed by atoms with van der Waals surface area (Å²) >= 11 is 0. The molecule has 0 radical (unpaired) electrons. The molecule has 0 fully saturated rings. The molecule has 0 amide bonds. The lowest BCUT2D eigenvalue weighted by Crippen LogP contribution is -2.64. The molecule has 54 heavy (non-hydrogen) atoms. The molecule has 8 aromatic carbocycles. The molecule has 6 heteroatoms. The third kappa shape index (κ3) is 4.05. The predicted molar refractivity (Wildman–Crippen MR) is 226 cm³/mol. The highest BCUT2D eigenvalue weighted by Crippen LogP contribution is 2.46. The summed E-state index contributed by atoms with van der Waals surface area (Å²) in [7, 11) is 0. The lowest BCUT2D eigenvalue weighted by molar-refractivity contribution is 0.488. The quantitative estimate of drug-likeness (QED) is 0.175. The SMILES string of the molecule is c1ccc(N2c3ccccc3B3c4cc5c(cc4Oc4cccc2c43)N(c2ccccc2)c2cccc3c2B5c2ccccc2N3c2ccccc2)cc1. The fourth-order valence-electron chi connectivity index (χ4n) is 9.58. The number of rotatable bonds is 3. The van der Waals surface area contributed by atoms with Crippen LogP contribution in [0.25, 0.3) is 0 Å². The zero-order valence-electron chi connectivity index (χ0n) is 29.3. The zero-order valence-corrected chi connectivity index (χ0v) is 29.3. The van der Waals surface area contributed by atoms with E-state index in [1.165, 1.54) is 55.5 Å². The van der Waals surface area contributed by atoms with Gasteiger partial charge in [-0.1, -0.05) is 109 Å². The summed E-state index contributed by atoms with van der Waals surface area (Å²) < 4.78 is 7.05. The number of para-hydroxylation sites is 5. The van der Waals surface area contributed by atoms with Gasteiger partial charge in [-0.15, -0.1) is 0 Å². The van der Waals surface area contributed by atoms with Gasteiger partial charge in [0.15, 0.2) is 0 Å². The first kappa shape index (κ1) is 29.6. The van der Waals surface area contributed by atoms with Crippen LogP contribution in [0.5, 0.6) is 11.5 Å². The van der Waals surface area contributed by atoms with Gasteiger partial charge in [-0.05, 0) is 106 Å². The molecule has 4 aliphatic rings. The van der Waals surface area contributed by atoms with Crippen molar-refractivity contribution in [1.82, 2.24) is 0 Å². The molecule has 0 saturated heterocycles. The van der Waals surface area contributed by atoms with Gasteiger partial charge in [0.1, 0.15) is 11.5 Å². The van der Waals surface area contributed by atoms with E-state index in [0.29, 0.717) is 0 Å². The number of fused-ring (bicyclic) bond motifs is 8. The van der Waals surface area contributed by atoms with Crippen molar-refractivity contribution < 1.29 is 4.74 Å². The number of hydrogen-bond donors (Lipinski definition) is 0. The lowest BCUT2D eigenvalue weighted by atomic mass is 9.30. The molecular weight excluding hydrogens is 656 g/mol. The first-order valence-electron chi connectivity index (χ1n) is 18.7. The maximum absolute atomic E-state index is 7.05. The van der Waals surface area contributed by atoms with Gasteiger partial charge in [0, 0.05) is 57.3 Å². The molecule has 0 bridgehead atoms. The largest absolute Gasteiger partial charge is 0.458 e. The van der Waals surface area contributed by atoms with E-state index in [9.17, 15) is 0 Å². The normalized spacial score (nSPS) is 13.9. The van der Waals surface area contributed by atoms with Crippen molar-refractivity contribution in [1.29, 1.82) is 0 Å². The monoisotopic (exact) mass is 687 g/mol. The Bertz CT molecular complexity index is 2790. The molecule has 0 unspecified atom stereocenters. The van der Waals surface area contributed by atoms with Crippen LogP contribution in [0.3, 0.4) is 0 Å². The molecule has 4 nitrogen and oxygen atoms in total. The Kier molecular flexibility index (Phi) is 6.20. The maximum Gasteiger partial charge on any atom is 0.256 e. The van der Waals surface area contributed by atoms with E-state index in [1.54, 1.807) is 0 Å². The molecule has 0 spiro atoms. The van der Waals surface area contributed by atoms with Crippen molar-refractivity contribution in [3.8, 4) is 11.5 Å². The molecule has 12 rings (SSSR count). The van der Waals surface area contributed by atoms with Gasteiger partial charge < -0.3 is 19.4 Å². The van der Waals surface area contributed by atoms with Gasteiger partial charge in [0.2, 0.25) is 0 Å². The van der Waals surface area contributed by atoms with Crippen LogP contribution in [0.4, 0.5) is 51.2 Å². The van der Waals surface area contributed by atoms with Crippen molar-refractivity contribution in [3.63, 3.8) is 0 Å². The Morgan fingerprint density at radius 3 is 1.28 bits per heavy atom. The topological polar surface area (TPSA) is 19.0 Å². The Morgan fingerprint density at radius 1 is 0.296 bits per heavy atom. The first-order chi connectivity index (χ1) is 26.8. The zero-order chi connectivity index (χ0) is 35.3. The van der Waals surface area contributed by atoms with Crippen molar-refractivity contribution in [2.24, 2.45) is 0 Å². The maximum atomic E-state index is 7.05. The van der Waals surface area contributed by atoms with E-state index < -0.39 is 0 Å². The fraction of sp³-hybridized carbons (Fsp3) is 0. The highest BCUT2D eigenvalue weighted by Gasteiger charge is 2.47. The van der Waals surface area contributed by atoms with Crippen LogP contribution < -0.4 is 52.2 Å². The van der Waals surface area contributed by atoms with E-state index in [4.69, 9.17) is 4.74 Å². The number of benzene rings is 8. The molecule has 0 aliphatic carbocycles. The molecule has 8 aromatic rings. The summed E-state index contributed by atoms with van der Waals surface area (Å²) in [6.07, 6.45) is 0. The summed E-state index contributed by atoms with van der Waals surface area (Å²) in [5, 5.41) is 0. The van der Waals surface area contributed by atoms with Gasteiger partial charge in [-0.25, -0.2) is 0 Å². The van der Waals surface area contributed by atoms with Gasteiger partial charge >= 0.3 is 0 Å². The van der Waals surface area contributed by atoms with Crippen LogP contribution in [-0.2, 0) is 0 Å². The van der Waals surface area contributed by atoms with Crippen LogP contribution >= 0.6 is 0 Å². The summed E-state index contributed by atoms with van der Waals surface area (Å²) in [6.45, 7) is 0.0202. The standard InChI is InChI=1S/C48H31B2N3O/c1-4-16-32(17-5-1)51-39-24-12-10-22-35(39)49-37-30-38-46(31-44(37)53(34-20-8-3-9-21-34)42-27-14-26-41(51)47(42)49)54-45-29-15-28-43-48(45)50(38)36-23-11-13-25-40(36)52(43)33-18-6-2-7-19-33/h1-31H. The highest BCUT2D eigenvalue weighted by atomic mass is 16.5. The van der Waals surface area contributed by atoms with E-state index in [-0.39, 0.29) is 13.4 Å². The van der Waals surface area contributed by atoms with Gasteiger partial charge in [-0.3, -0.25) is 0 Å². The van der Waals surface area contributed by atoms with Crippen molar-refractivity contribution in [3.05, 3.63) is 188 Å². The Balaban J connectivity index is 1.14. The second-order valence-corrected chi connectivity index (χ2v) is 14.4. The predicted octanol–water partition coefficient (Wildman–Crippen LogP) is 8.17. The Hall–Kier alpha value is -6.91. The minimum Gasteiger partial charge on any atom is -0.458 e. The molecule has 250 valence electrons. The number of nitrogens with zero attached hydrogens (tertiary/aromatic N) is 3. The van der Waals surface area contributed by atoms with E-state index >= 15 is 0 Å². The van der Waals surface area contributed by atoms with Gasteiger partial charge in [-0.2, -0.15) is 0 Å². The second-order valence-electron chi connectivity index (χ2n) is 14.4. The van der Waals surface area contributed by atoms with Crippen molar-refractivity contribution in [2.75, 3.05) is 14.7 Å². The van der Waals surface area contributed by atoms with Crippen LogP contribution in [-0.4, -0.2) is 13.4 Å². The van der Waals surface area contributed by atoms with E-state index in [2.05, 4.69) is 203 Å². The van der Waals surface area contributed by atoms with Gasteiger partial charge in [0.05, 0.1) is 0 Å². The minimum absolute atomic E-state index is 0.00267. The fourth-order valence-corrected chi connectivity index (χ4v) is 9.58. The molecule has 0 atom stereocenters. The number of ether oxygens (including phenoxy) is 1. The number of anilines is 9. The third-order valence-electron chi connectivity index (χ3n) is 11.7. The third-order valence-corrected chi connectivity index (χ3v) is 11.7. The van der Waals surface area contributed by atoms with E-state index in [1.807, 2.05) is 0 Å². The van der Waals surface area contributed by atoms with Crippen LogP contribution in [0, 0.1) is 0 Å². The molecule has 0 N–H and O–H groups in total. The number of hydrogen-bond acceptors (Lipinski definition) is 4. The minimum atomic E-state index is 0.00267. The first-order valence-corrected chi connectivity index (χ1v) is 18.7. The summed E-state index contributed by atoms with van der Waals surface area (Å²) in [5.41, 5.74) is 18.1. The average molecular weight is 687 g/mol. The molecule has 4 heterocycles. The molecular formula is C48H31B2N3O. The molecule has 4 aliphatic heterocycles. The summed E-state index contributed by atoms with van der Waals surface area (Å²) in [6, 6.07) is 68.2. The molecule has 0 aromatic heterocycles. The van der Waals surface area contributed by atoms with Crippen LogP contribution in [0.15, 0.2) is 188 Å². The van der Waals surface area contributed by atoms with E-state index in [0.717, 1.165) is 39.9 Å². The van der Waals surface area contributed by atoms with Crippen molar-refractivity contribution in [2.45, 2.75) is 0 Å². The summed E-state index contributed by atoms with van der Waals surface area (Å²) in [4.78, 5) is 7.29. The van der Waals surface area contributed by atoms with Crippen LogP contribution in [0.2, 0.25) is 0 Å². The average Bonchev–Trinajstić information content (AvgIpc) is 3.24. The van der Waals surface area contributed by atoms with Crippen LogP contribution in [0.1, 0.15) is 0 Å². The highest BCUT2D eigenvalue weighted by molar-refractivity contribution is 7.02. The smallest absolute Gasteiger partial charge is 0.256 e. The van der Waals surface area contributed by atoms with Crippen molar-refractivity contribution >= 4 is 97.4 Å². The lowest BCUT2D eigenvalue weighted by Gasteiger charge is -2.45. The Morgan fingerprint density at radius 2 is 0.722 bits per heavy atom. The summed E-state index contributed by atoms with van der Waals surface area (Å²) in [5.74, 6) is 1.81. The van der Waals surface area contributed by atoms with Gasteiger partial charge in [0.25, 0.3) is 13.4 Å².